The molecule has 0 fully saturated rings. The number of halogens is 4. The second kappa shape index (κ2) is 3.02. The summed E-state index contributed by atoms with van der Waals surface area (Å²) in [7, 11) is 0. The van der Waals surface area contributed by atoms with E-state index in [1.165, 1.54) is 6.07 Å². The van der Waals surface area contributed by atoms with E-state index in [0.29, 0.717) is 6.42 Å². The molecule has 0 amide bonds. The van der Waals surface area contributed by atoms with Crippen LogP contribution in [0.3, 0.4) is 0 Å². The molecule has 2 rings (SSSR count). The summed E-state index contributed by atoms with van der Waals surface area (Å²) < 4.78 is 27.7. The maximum absolute atomic E-state index is 13.4. The Labute approximate surface area is 91.6 Å². The van der Waals surface area contributed by atoms with Crippen LogP contribution in [0.1, 0.15) is 11.1 Å². The average molecular weight is 312 g/mol. The van der Waals surface area contributed by atoms with Crippen molar-refractivity contribution in [2.24, 2.45) is 0 Å². The third-order valence-electron chi connectivity index (χ3n) is 2.22. The highest BCUT2D eigenvalue weighted by Gasteiger charge is 2.46. The molecule has 1 aromatic carbocycles. The van der Waals surface area contributed by atoms with E-state index in [1.807, 2.05) is 0 Å². The lowest BCUT2D eigenvalue weighted by atomic mass is 10.1. The third kappa shape index (κ3) is 1.44. The molecule has 1 aromatic rings. The van der Waals surface area contributed by atoms with Crippen molar-refractivity contribution in [1.82, 2.24) is 0 Å². The molecule has 0 radical (unpaired) electrons. The second-order valence-electron chi connectivity index (χ2n) is 3.10. The Morgan fingerprint density at radius 2 is 2.08 bits per heavy atom. The van der Waals surface area contributed by atoms with E-state index < -0.39 is 10.7 Å². The quantitative estimate of drug-likeness (QED) is 0.638. The second-order valence-corrected chi connectivity index (χ2v) is 5.12. The standard InChI is InChI=1S/C9H6Br2F2/c10-6-1-2-7-5(3-6)4-8(11)9(7,12)13/h1-3,8H,4H2. The van der Waals surface area contributed by atoms with Crippen LogP contribution < -0.4 is 0 Å². The Morgan fingerprint density at radius 3 is 2.77 bits per heavy atom. The van der Waals surface area contributed by atoms with Crippen LogP contribution >= 0.6 is 31.9 Å². The maximum atomic E-state index is 13.4. The lowest BCUT2D eigenvalue weighted by Gasteiger charge is -2.13. The van der Waals surface area contributed by atoms with Crippen LogP contribution in [-0.4, -0.2) is 4.83 Å². The number of benzene rings is 1. The van der Waals surface area contributed by atoms with Crippen molar-refractivity contribution in [1.29, 1.82) is 0 Å². The zero-order valence-corrected chi connectivity index (χ0v) is 9.70. The van der Waals surface area contributed by atoms with Gasteiger partial charge in [-0.05, 0) is 24.1 Å². The lowest BCUT2D eigenvalue weighted by Crippen LogP contribution is -2.20. The van der Waals surface area contributed by atoms with Crippen LogP contribution in [0.5, 0.6) is 0 Å². The average Bonchev–Trinajstić information content (AvgIpc) is 2.23. The minimum absolute atomic E-state index is 0.151. The molecule has 1 aliphatic carbocycles. The fourth-order valence-corrected chi connectivity index (χ4v) is 2.55. The molecule has 0 aromatic heterocycles. The first kappa shape index (κ1) is 9.59. The van der Waals surface area contributed by atoms with Crippen LogP contribution in [0.25, 0.3) is 0 Å². The summed E-state index contributed by atoms with van der Waals surface area (Å²) in [5, 5.41) is 0. The van der Waals surface area contributed by atoms with Gasteiger partial charge in [0.1, 0.15) is 0 Å². The molecule has 1 aliphatic rings. The molecule has 0 aliphatic heterocycles. The largest absolute Gasteiger partial charge is 0.286 e. The monoisotopic (exact) mass is 310 g/mol. The van der Waals surface area contributed by atoms with Gasteiger partial charge in [-0.15, -0.1) is 0 Å². The van der Waals surface area contributed by atoms with Crippen molar-refractivity contribution in [2.45, 2.75) is 17.2 Å². The van der Waals surface area contributed by atoms with Crippen molar-refractivity contribution in [3.63, 3.8) is 0 Å². The maximum Gasteiger partial charge on any atom is 0.286 e. The Kier molecular flexibility index (Phi) is 2.23. The Hall–Kier alpha value is 0.0400. The van der Waals surface area contributed by atoms with E-state index in [2.05, 4.69) is 31.9 Å². The van der Waals surface area contributed by atoms with Crippen LogP contribution in [0.15, 0.2) is 22.7 Å². The molecule has 0 N–H and O–H groups in total. The molecule has 0 nitrogen and oxygen atoms in total. The SMILES string of the molecule is FC1(F)c2ccc(Br)cc2CC1Br. The molecular weight excluding hydrogens is 306 g/mol. The predicted molar refractivity (Wildman–Crippen MR) is 54.5 cm³/mol. The van der Waals surface area contributed by atoms with Gasteiger partial charge in [-0.1, -0.05) is 37.9 Å². The van der Waals surface area contributed by atoms with E-state index in [4.69, 9.17) is 0 Å². The zero-order chi connectivity index (χ0) is 9.64. The summed E-state index contributed by atoms with van der Waals surface area (Å²) in [6.45, 7) is 0. The van der Waals surface area contributed by atoms with Gasteiger partial charge in [-0.25, -0.2) is 8.78 Å². The van der Waals surface area contributed by atoms with Gasteiger partial charge < -0.3 is 0 Å². The van der Waals surface area contributed by atoms with Crippen LogP contribution in [0.4, 0.5) is 8.78 Å². The molecular formula is C9H6Br2F2. The lowest BCUT2D eigenvalue weighted by molar-refractivity contribution is 0.00633. The highest BCUT2D eigenvalue weighted by molar-refractivity contribution is 9.10. The predicted octanol–water partition coefficient (Wildman–Crippen LogP) is 3.86. The fraction of sp³-hybridized carbons (Fsp3) is 0.333. The van der Waals surface area contributed by atoms with Crippen LogP contribution in [0, 0.1) is 0 Å². The zero-order valence-electron chi connectivity index (χ0n) is 6.53. The first-order chi connectivity index (χ1) is 6.01. The first-order valence-electron chi connectivity index (χ1n) is 3.82. The summed E-state index contributed by atoms with van der Waals surface area (Å²) in [5.74, 6) is -2.73. The van der Waals surface area contributed by atoms with Crippen LogP contribution in [-0.2, 0) is 12.3 Å². The van der Waals surface area contributed by atoms with E-state index in [9.17, 15) is 8.78 Å². The summed E-state index contributed by atoms with van der Waals surface area (Å²) >= 11 is 6.26. The van der Waals surface area contributed by atoms with Gasteiger partial charge in [-0.2, -0.15) is 0 Å². The molecule has 0 heterocycles. The van der Waals surface area contributed by atoms with E-state index in [1.54, 1.807) is 12.1 Å². The van der Waals surface area contributed by atoms with Gasteiger partial charge in [0, 0.05) is 10.0 Å². The summed E-state index contributed by atoms with van der Waals surface area (Å²) in [6, 6.07) is 4.89. The Bertz CT molecular complexity index is 349. The molecule has 0 saturated carbocycles. The number of hydrogen-bond donors (Lipinski definition) is 0. The normalized spacial score (nSPS) is 24.5. The molecule has 0 bridgehead atoms. The van der Waals surface area contributed by atoms with Crippen molar-refractivity contribution in [3.8, 4) is 0 Å². The third-order valence-corrected chi connectivity index (χ3v) is 3.61. The van der Waals surface area contributed by atoms with Crippen molar-refractivity contribution in [2.75, 3.05) is 0 Å². The van der Waals surface area contributed by atoms with Gasteiger partial charge in [-0.3, -0.25) is 0 Å². The summed E-state index contributed by atoms with van der Waals surface area (Å²) in [4.78, 5) is -0.760. The van der Waals surface area contributed by atoms with E-state index in [0.717, 1.165) is 10.0 Å². The van der Waals surface area contributed by atoms with Crippen LogP contribution in [0.2, 0.25) is 0 Å². The molecule has 13 heavy (non-hydrogen) atoms. The summed E-state index contributed by atoms with van der Waals surface area (Å²) in [6.07, 6.45) is 0.391. The van der Waals surface area contributed by atoms with Gasteiger partial charge in [0.25, 0.3) is 5.92 Å². The highest BCUT2D eigenvalue weighted by atomic mass is 79.9. The van der Waals surface area contributed by atoms with Crippen molar-refractivity contribution >= 4 is 31.9 Å². The number of alkyl halides is 3. The minimum atomic E-state index is -2.73. The highest BCUT2D eigenvalue weighted by Crippen LogP contribution is 2.45. The fourth-order valence-electron chi connectivity index (χ4n) is 1.55. The number of fused-ring (bicyclic) bond motifs is 1. The van der Waals surface area contributed by atoms with Gasteiger partial charge in [0.15, 0.2) is 0 Å². The van der Waals surface area contributed by atoms with Gasteiger partial charge in [0.2, 0.25) is 0 Å². The smallest absolute Gasteiger partial charge is 0.200 e. The molecule has 70 valence electrons. The Balaban J connectivity index is 2.55. The minimum Gasteiger partial charge on any atom is -0.200 e. The molecule has 1 unspecified atom stereocenters. The van der Waals surface area contributed by atoms with Crippen molar-refractivity contribution < 1.29 is 8.78 Å². The molecule has 0 saturated heterocycles. The molecule has 1 atom stereocenters. The number of hydrogen-bond acceptors (Lipinski definition) is 0. The molecule has 4 heteroatoms. The first-order valence-corrected chi connectivity index (χ1v) is 5.53. The molecule has 0 spiro atoms. The van der Waals surface area contributed by atoms with E-state index >= 15 is 0 Å². The van der Waals surface area contributed by atoms with E-state index in [-0.39, 0.29) is 5.56 Å². The van der Waals surface area contributed by atoms with Crippen molar-refractivity contribution in [3.05, 3.63) is 33.8 Å². The topological polar surface area (TPSA) is 0 Å². The van der Waals surface area contributed by atoms with Gasteiger partial charge >= 0.3 is 0 Å². The number of rotatable bonds is 0. The van der Waals surface area contributed by atoms with Gasteiger partial charge in [0.05, 0.1) is 4.83 Å². The Morgan fingerprint density at radius 1 is 1.38 bits per heavy atom. The summed E-state index contributed by atoms with van der Waals surface area (Å²) in [5.41, 5.74) is 0.874.